The van der Waals surface area contributed by atoms with Crippen molar-refractivity contribution in [1.29, 1.82) is 0 Å². The smallest absolute Gasteiger partial charge is 0.337 e. The number of esters is 1. The molecule has 126 valence electrons. The quantitative estimate of drug-likeness (QED) is 0.826. The first-order chi connectivity index (χ1) is 11.4. The van der Waals surface area contributed by atoms with Crippen molar-refractivity contribution in [3.63, 3.8) is 0 Å². The van der Waals surface area contributed by atoms with Crippen molar-refractivity contribution in [3.8, 4) is 0 Å². The molecule has 0 bridgehead atoms. The van der Waals surface area contributed by atoms with Gasteiger partial charge in [0.25, 0.3) is 0 Å². The highest BCUT2D eigenvalue weighted by Crippen LogP contribution is 2.19. The summed E-state index contributed by atoms with van der Waals surface area (Å²) in [4.78, 5) is 23.8. The number of methoxy groups -OCH3 is 1. The van der Waals surface area contributed by atoms with Crippen molar-refractivity contribution in [2.75, 3.05) is 24.3 Å². The lowest BCUT2D eigenvalue weighted by atomic mass is 10.1. The zero-order valence-electron chi connectivity index (χ0n) is 14.4. The van der Waals surface area contributed by atoms with Gasteiger partial charge in [0.2, 0.25) is 5.91 Å². The van der Waals surface area contributed by atoms with Gasteiger partial charge in [0.15, 0.2) is 0 Å². The molecule has 0 aromatic heterocycles. The number of aryl methyl sites for hydroxylation is 2. The van der Waals surface area contributed by atoms with Gasteiger partial charge < -0.3 is 15.4 Å². The number of anilines is 2. The number of amides is 1. The SMILES string of the molecule is COC(=O)c1ccc(C)c(NCC(=O)Nc2cccc(C)c2C)c1. The minimum Gasteiger partial charge on any atom is -0.465 e. The van der Waals surface area contributed by atoms with Crippen LogP contribution in [0.4, 0.5) is 11.4 Å². The maximum absolute atomic E-state index is 12.2. The molecule has 1 amide bonds. The van der Waals surface area contributed by atoms with E-state index in [9.17, 15) is 9.59 Å². The molecule has 2 aromatic rings. The third-order valence-electron chi connectivity index (χ3n) is 3.98. The van der Waals surface area contributed by atoms with Gasteiger partial charge in [-0.15, -0.1) is 0 Å². The van der Waals surface area contributed by atoms with E-state index in [2.05, 4.69) is 10.6 Å². The molecule has 0 aliphatic carbocycles. The van der Waals surface area contributed by atoms with Crippen LogP contribution in [0.3, 0.4) is 0 Å². The average Bonchev–Trinajstić information content (AvgIpc) is 2.57. The minimum absolute atomic E-state index is 0.110. The van der Waals surface area contributed by atoms with Crippen LogP contribution in [-0.4, -0.2) is 25.5 Å². The molecule has 0 atom stereocenters. The van der Waals surface area contributed by atoms with Crippen LogP contribution in [0.25, 0.3) is 0 Å². The van der Waals surface area contributed by atoms with Crippen molar-refractivity contribution in [1.82, 2.24) is 0 Å². The Labute approximate surface area is 142 Å². The Morgan fingerprint density at radius 3 is 2.46 bits per heavy atom. The van der Waals surface area contributed by atoms with E-state index >= 15 is 0 Å². The zero-order valence-corrected chi connectivity index (χ0v) is 14.4. The van der Waals surface area contributed by atoms with Gasteiger partial charge in [-0.3, -0.25) is 4.79 Å². The predicted molar refractivity (Wildman–Crippen MR) is 95.6 cm³/mol. The molecule has 2 rings (SSSR count). The summed E-state index contributed by atoms with van der Waals surface area (Å²) in [5, 5.41) is 5.96. The lowest BCUT2D eigenvalue weighted by Crippen LogP contribution is -2.22. The number of carbonyl (C=O) groups is 2. The Bertz CT molecular complexity index is 769. The molecular formula is C19H22N2O3. The van der Waals surface area contributed by atoms with Crippen LogP contribution in [0.2, 0.25) is 0 Å². The molecule has 2 N–H and O–H groups in total. The highest BCUT2D eigenvalue weighted by Gasteiger charge is 2.10. The number of rotatable bonds is 5. The number of ether oxygens (including phenoxy) is 1. The summed E-state index contributed by atoms with van der Waals surface area (Å²) in [7, 11) is 1.34. The van der Waals surface area contributed by atoms with Gasteiger partial charge in [-0.1, -0.05) is 18.2 Å². The van der Waals surface area contributed by atoms with Crippen molar-refractivity contribution in [3.05, 3.63) is 58.7 Å². The Morgan fingerprint density at radius 2 is 1.75 bits per heavy atom. The first-order valence-electron chi connectivity index (χ1n) is 7.71. The van der Waals surface area contributed by atoms with Crippen LogP contribution in [0.1, 0.15) is 27.0 Å². The first-order valence-corrected chi connectivity index (χ1v) is 7.71. The zero-order chi connectivity index (χ0) is 17.7. The second-order valence-corrected chi connectivity index (χ2v) is 5.67. The van der Waals surface area contributed by atoms with E-state index in [0.29, 0.717) is 5.56 Å². The molecule has 2 aromatic carbocycles. The summed E-state index contributed by atoms with van der Waals surface area (Å²) in [5.74, 6) is -0.551. The molecule has 5 nitrogen and oxygen atoms in total. The molecule has 0 fully saturated rings. The molecule has 0 radical (unpaired) electrons. The van der Waals surface area contributed by atoms with Crippen LogP contribution in [0.15, 0.2) is 36.4 Å². The van der Waals surface area contributed by atoms with Crippen LogP contribution < -0.4 is 10.6 Å². The third-order valence-corrected chi connectivity index (χ3v) is 3.98. The Balaban J connectivity index is 2.04. The highest BCUT2D eigenvalue weighted by atomic mass is 16.5. The summed E-state index contributed by atoms with van der Waals surface area (Å²) >= 11 is 0. The average molecular weight is 326 g/mol. The van der Waals surface area contributed by atoms with E-state index in [1.54, 1.807) is 12.1 Å². The molecule has 0 aliphatic heterocycles. The van der Waals surface area contributed by atoms with Gasteiger partial charge in [-0.05, 0) is 55.7 Å². The molecule has 5 heteroatoms. The van der Waals surface area contributed by atoms with Gasteiger partial charge >= 0.3 is 5.97 Å². The van der Waals surface area contributed by atoms with E-state index in [0.717, 1.165) is 28.1 Å². The maximum Gasteiger partial charge on any atom is 0.337 e. The second-order valence-electron chi connectivity index (χ2n) is 5.67. The second kappa shape index (κ2) is 7.64. The van der Waals surface area contributed by atoms with Gasteiger partial charge in [0, 0.05) is 11.4 Å². The highest BCUT2D eigenvalue weighted by molar-refractivity contribution is 5.95. The van der Waals surface area contributed by atoms with Crippen LogP contribution in [0, 0.1) is 20.8 Å². The molecule has 0 saturated heterocycles. The number of hydrogen-bond donors (Lipinski definition) is 2. The van der Waals surface area contributed by atoms with Gasteiger partial charge in [0.1, 0.15) is 0 Å². The van der Waals surface area contributed by atoms with E-state index in [-0.39, 0.29) is 12.5 Å². The van der Waals surface area contributed by atoms with E-state index in [1.807, 2.05) is 45.0 Å². The van der Waals surface area contributed by atoms with Gasteiger partial charge in [-0.25, -0.2) is 4.79 Å². The fraction of sp³-hybridized carbons (Fsp3) is 0.263. The summed E-state index contributed by atoms with van der Waals surface area (Å²) in [6.45, 7) is 6.00. The largest absolute Gasteiger partial charge is 0.465 e. The first kappa shape index (κ1) is 17.5. The molecule has 0 unspecified atom stereocenters. The molecule has 24 heavy (non-hydrogen) atoms. The maximum atomic E-state index is 12.2. The third kappa shape index (κ3) is 4.13. The van der Waals surface area contributed by atoms with Crippen LogP contribution in [0.5, 0.6) is 0 Å². The number of benzene rings is 2. The lowest BCUT2D eigenvalue weighted by Gasteiger charge is -2.13. The van der Waals surface area contributed by atoms with E-state index in [4.69, 9.17) is 4.74 Å². The van der Waals surface area contributed by atoms with Crippen LogP contribution in [-0.2, 0) is 9.53 Å². The molecule has 0 spiro atoms. The van der Waals surface area contributed by atoms with E-state index < -0.39 is 5.97 Å². The Morgan fingerprint density at radius 1 is 1.00 bits per heavy atom. The molecule has 0 aliphatic rings. The normalized spacial score (nSPS) is 10.2. The number of carbonyl (C=O) groups excluding carboxylic acids is 2. The predicted octanol–water partition coefficient (Wildman–Crippen LogP) is 3.45. The lowest BCUT2D eigenvalue weighted by molar-refractivity contribution is -0.114. The van der Waals surface area contributed by atoms with Gasteiger partial charge in [-0.2, -0.15) is 0 Å². The standard InChI is InChI=1S/C19H22N2O3/c1-12-6-5-7-16(14(12)3)21-18(22)11-20-17-10-15(19(23)24-4)9-8-13(17)2/h5-10,20H,11H2,1-4H3,(H,21,22). The van der Waals surface area contributed by atoms with Crippen LogP contribution >= 0.6 is 0 Å². The Hall–Kier alpha value is -2.82. The molecular weight excluding hydrogens is 304 g/mol. The summed E-state index contributed by atoms with van der Waals surface area (Å²) in [5.41, 5.74) is 5.11. The minimum atomic E-state index is -0.405. The molecule has 0 heterocycles. The number of hydrogen-bond acceptors (Lipinski definition) is 4. The van der Waals surface area contributed by atoms with Gasteiger partial charge in [0.05, 0.1) is 19.2 Å². The summed E-state index contributed by atoms with van der Waals surface area (Å²) < 4.78 is 4.71. The van der Waals surface area contributed by atoms with Crippen molar-refractivity contribution < 1.29 is 14.3 Å². The fourth-order valence-corrected chi connectivity index (χ4v) is 2.31. The summed E-state index contributed by atoms with van der Waals surface area (Å²) in [6, 6.07) is 11.0. The van der Waals surface area contributed by atoms with Crippen molar-refractivity contribution in [2.45, 2.75) is 20.8 Å². The van der Waals surface area contributed by atoms with E-state index in [1.165, 1.54) is 7.11 Å². The summed E-state index contributed by atoms with van der Waals surface area (Å²) in [6.07, 6.45) is 0. The Kier molecular flexibility index (Phi) is 5.58. The molecule has 0 saturated carbocycles. The number of nitrogens with one attached hydrogen (secondary N) is 2. The fourth-order valence-electron chi connectivity index (χ4n) is 2.31. The van der Waals surface area contributed by atoms with Crippen molar-refractivity contribution in [2.24, 2.45) is 0 Å². The monoisotopic (exact) mass is 326 g/mol. The topological polar surface area (TPSA) is 67.4 Å². The van der Waals surface area contributed by atoms with Crippen molar-refractivity contribution >= 4 is 23.3 Å².